The lowest BCUT2D eigenvalue weighted by atomic mass is 10.1. The molecule has 0 N–H and O–H groups in total. The average Bonchev–Trinajstić information content (AvgIpc) is 2.96. The molecule has 0 bridgehead atoms. The van der Waals surface area contributed by atoms with Gasteiger partial charge in [-0.25, -0.2) is 13.8 Å². The lowest BCUT2D eigenvalue weighted by molar-refractivity contribution is -0.131. The zero-order chi connectivity index (χ0) is 18.3. The predicted octanol–water partition coefficient (Wildman–Crippen LogP) is 2.70. The number of anilines is 1. The van der Waals surface area contributed by atoms with Gasteiger partial charge in [0.1, 0.15) is 11.6 Å². The van der Waals surface area contributed by atoms with Crippen molar-refractivity contribution in [2.24, 2.45) is 7.05 Å². The number of fused-ring (bicyclic) bond motifs is 1. The van der Waals surface area contributed by atoms with Crippen molar-refractivity contribution in [1.82, 2.24) is 14.5 Å². The molecule has 0 unspecified atom stereocenters. The predicted molar refractivity (Wildman–Crippen MR) is 94.7 cm³/mol. The zero-order valence-corrected chi connectivity index (χ0v) is 14.3. The van der Waals surface area contributed by atoms with Crippen LogP contribution in [-0.2, 0) is 18.4 Å². The van der Waals surface area contributed by atoms with Crippen LogP contribution >= 0.6 is 0 Å². The minimum absolute atomic E-state index is 0.105. The summed E-state index contributed by atoms with van der Waals surface area (Å²) in [6.45, 7) is 1.38. The van der Waals surface area contributed by atoms with E-state index in [1.165, 1.54) is 12.1 Å². The lowest BCUT2D eigenvalue weighted by Gasteiger charge is -2.34. The molecule has 0 aliphatic carbocycles. The van der Waals surface area contributed by atoms with E-state index in [4.69, 9.17) is 0 Å². The molecule has 0 saturated carbocycles. The summed E-state index contributed by atoms with van der Waals surface area (Å²) < 4.78 is 28.8. The first-order valence-corrected chi connectivity index (χ1v) is 8.41. The Morgan fingerprint density at radius 3 is 2.65 bits per heavy atom. The fraction of sp³-hybridized carbons (Fsp3) is 0.263. The molecular weight excluding hydrogens is 338 g/mol. The molecule has 134 valence electrons. The van der Waals surface area contributed by atoms with Crippen LogP contribution in [0.1, 0.15) is 5.56 Å². The Balaban J connectivity index is 1.51. The van der Waals surface area contributed by atoms with Gasteiger partial charge in [-0.15, -0.1) is 0 Å². The highest BCUT2D eigenvalue weighted by Crippen LogP contribution is 2.23. The first-order chi connectivity index (χ1) is 12.5. The van der Waals surface area contributed by atoms with Gasteiger partial charge in [0.05, 0.1) is 17.6 Å². The maximum absolute atomic E-state index is 13.8. The van der Waals surface area contributed by atoms with Crippen LogP contribution in [0.4, 0.5) is 14.7 Å². The Morgan fingerprint density at radius 1 is 1.12 bits per heavy atom. The molecule has 1 aliphatic heterocycles. The maximum atomic E-state index is 13.8. The summed E-state index contributed by atoms with van der Waals surface area (Å²) in [5, 5.41) is 0. The smallest absolute Gasteiger partial charge is 0.242 e. The molecule has 26 heavy (non-hydrogen) atoms. The number of amides is 1. The molecule has 0 spiro atoms. The average molecular weight is 356 g/mol. The quantitative estimate of drug-likeness (QED) is 0.725. The zero-order valence-electron chi connectivity index (χ0n) is 14.3. The van der Waals surface area contributed by atoms with E-state index in [-0.39, 0.29) is 19.0 Å². The van der Waals surface area contributed by atoms with E-state index in [0.717, 1.165) is 23.0 Å². The molecule has 1 saturated heterocycles. The number of carbonyl (C=O) groups excluding carboxylic acids is 1. The molecule has 2 heterocycles. The second-order valence-corrected chi connectivity index (χ2v) is 6.43. The molecule has 1 aliphatic rings. The Labute approximate surface area is 149 Å². The summed E-state index contributed by atoms with van der Waals surface area (Å²) in [7, 11) is 1.93. The minimum Gasteiger partial charge on any atom is -0.335 e. The highest BCUT2D eigenvalue weighted by atomic mass is 19.1. The van der Waals surface area contributed by atoms with Gasteiger partial charge < -0.3 is 14.4 Å². The van der Waals surface area contributed by atoms with Crippen molar-refractivity contribution in [3.8, 4) is 0 Å². The number of aromatic nitrogens is 2. The number of hydrogen-bond acceptors (Lipinski definition) is 3. The van der Waals surface area contributed by atoms with Crippen molar-refractivity contribution in [2.75, 3.05) is 24.5 Å². The third kappa shape index (κ3) is 2.89. The third-order valence-corrected chi connectivity index (χ3v) is 4.74. The Kier molecular flexibility index (Phi) is 4.06. The van der Waals surface area contributed by atoms with Gasteiger partial charge in [-0.1, -0.05) is 18.2 Å². The number of imidazole rings is 1. The number of rotatable bonds is 3. The van der Waals surface area contributed by atoms with E-state index in [9.17, 15) is 13.6 Å². The van der Waals surface area contributed by atoms with E-state index in [1.54, 1.807) is 4.90 Å². The molecule has 0 radical (unpaired) electrons. The first kappa shape index (κ1) is 16.5. The SMILES string of the molecule is Cn1c(N2CCN(Cc3ccc(F)cc3F)C(=O)C2)nc2ccccc21. The fourth-order valence-electron chi connectivity index (χ4n) is 3.32. The largest absolute Gasteiger partial charge is 0.335 e. The third-order valence-electron chi connectivity index (χ3n) is 4.74. The summed E-state index contributed by atoms with van der Waals surface area (Å²) in [6.07, 6.45) is 0. The van der Waals surface area contributed by atoms with Gasteiger partial charge in [0.25, 0.3) is 0 Å². The molecule has 4 rings (SSSR count). The number of aryl methyl sites for hydroxylation is 1. The summed E-state index contributed by atoms with van der Waals surface area (Å²) in [4.78, 5) is 20.7. The summed E-state index contributed by atoms with van der Waals surface area (Å²) in [6, 6.07) is 11.2. The van der Waals surface area contributed by atoms with Gasteiger partial charge >= 0.3 is 0 Å². The van der Waals surface area contributed by atoms with Crippen LogP contribution in [0.25, 0.3) is 11.0 Å². The van der Waals surface area contributed by atoms with Crippen LogP contribution in [-0.4, -0.2) is 40.0 Å². The number of piperazine rings is 1. The summed E-state index contributed by atoms with van der Waals surface area (Å²) >= 11 is 0. The van der Waals surface area contributed by atoms with Gasteiger partial charge in [0.2, 0.25) is 11.9 Å². The Morgan fingerprint density at radius 2 is 1.92 bits per heavy atom. The summed E-state index contributed by atoms with van der Waals surface area (Å²) in [5.41, 5.74) is 2.20. The second kappa shape index (κ2) is 6.40. The highest BCUT2D eigenvalue weighted by molar-refractivity contribution is 5.84. The van der Waals surface area contributed by atoms with Gasteiger partial charge in [0.15, 0.2) is 0 Å². The fourth-order valence-corrected chi connectivity index (χ4v) is 3.32. The van der Waals surface area contributed by atoms with Crippen LogP contribution in [0, 0.1) is 11.6 Å². The number of benzene rings is 2. The van der Waals surface area contributed by atoms with Crippen LogP contribution in [0.3, 0.4) is 0 Å². The molecule has 3 aromatic rings. The molecule has 0 atom stereocenters. The van der Waals surface area contributed by atoms with Gasteiger partial charge in [-0.3, -0.25) is 4.79 Å². The monoisotopic (exact) mass is 356 g/mol. The Bertz CT molecular complexity index is 985. The second-order valence-electron chi connectivity index (χ2n) is 6.43. The van der Waals surface area contributed by atoms with Gasteiger partial charge in [-0.2, -0.15) is 0 Å². The van der Waals surface area contributed by atoms with E-state index < -0.39 is 11.6 Å². The van der Waals surface area contributed by atoms with Crippen molar-refractivity contribution in [1.29, 1.82) is 0 Å². The number of carbonyl (C=O) groups is 1. The minimum atomic E-state index is -0.629. The molecule has 5 nitrogen and oxygen atoms in total. The van der Waals surface area contributed by atoms with E-state index in [1.807, 2.05) is 40.8 Å². The van der Waals surface area contributed by atoms with E-state index >= 15 is 0 Å². The van der Waals surface area contributed by atoms with E-state index in [0.29, 0.717) is 18.7 Å². The molecule has 1 aromatic heterocycles. The standard InChI is InChI=1S/C19H18F2N4O/c1-23-17-5-3-2-4-16(17)22-19(23)25-9-8-24(18(26)12-25)11-13-6-7-14(20)10-15(13)21/h2-7,10H,8-9,11-12H2,1H3. The number of nitrogens with zero attached hydrogens (tertiary/aromatic N) is 4. The van der Waals surface area contributed by atoms with Crippen molar-refractivity contribution in [2.45, 2.75) is 6.54 Å². The molecule has 1 fully saturated rings. The van der Waals surface area contributed by atoms with Gasteiger partial charge in [0, 0.05) is 38.3 Å². The van der Waals surface area contributed by atoms with Crippen molar-refractivity contribution in [3.05, 3.63) is 59.7 Å². The van der Waals surface area contributed by atoms with Crippen molar-refractivity contribution in [3.63, 3.8) is 0 Å². The maximum Gasteiger partial charge on any atom is 0.242 e. The van der Waals surface area contributed by atoms with Gasteiger partial charge in [-0.05, 0) is 18.2 Å². The Hall–Kier alpha value is -2.96. The van der Waals surface area contributed by atoms with Crippen molar-refractivity contribution < 1.29 is 13.6 Å². The number of para-hydroxylation sites is 2. The molecule has 2 aromatic carbocycles. The highest BCUT2D eigenvalue weighted by Gasteiger charge is 2.27. The van der Waals surface area contributed by atoms with Crippen molar-refractivity contribution >= 4 is 22.9 Å². The van der Waals surface area contributed by atoms with E-state index in [2.05, 4.69) is 4.98 Å². The van der Waals surface area contributed by atoms with Crippen LogP contribution in [0.15, 0.2) is 42.5 Å². The molecule has 7 heteroatoms. The summed E-state index contributed by atoms with van der Waals surface area (Å²) in [5.74, 6) is -0.612. The van der Waals surface area contributed by atoms with Crippen LogP contribution < -0.4 is 4.90 Å². The lowest BCUT2D eigenvalue weighted by Crippen LogP contribution is -2.50. The first-order valence-electron chi connectivity index (χ1n) is 8.41. The number of hydrogen-bond donors (Lipinski definition) is 0. The number of halogens is 2. The normalized spacial score (nSPS) is 15.1. The van der Waals surface area contributed by atoms with Crippen LogP contribution in [0.5, 0.6) is 0 Å². The topological polar surface area (TPSA) is 41.4 Å². The van der Waals surface area contributed by atoms with Crippen LogP contribution in [0.2, 0.25) is 0 Å². The molecular formula is C19H18F2N4O. The molecule has 1 amide bonds.